The third-order valence-electron chi connectivity index (χ3n) is 1.20. The molecule has 1 N–H and O–H groups in total. The summed E-state index contributed by atoms with van der Waals surface area (Å²) in [5, 5.41) is 8.99. The van der Waals surface area contributed by atoms with Gasteiger partial charge in [-0.05, 0) is 25.7 Å². The van der Waals surface area contributed by atoms with Gasteiger partial charge in [-0.3, -0.25) is 0 Å². The highest BCUT2D eigenvalue weighted by atomic mass is 31.1. The first-order valence-electron chi connectivity index (χ1n) is 3.14. The van der Waals surface area contributed by atoms with Crippen LogP contribution in [0.3, 0.4) is 0 Å². The number of rotatable bonds is 4. The molecule has 8 heavy (non-hydrogen) atoms. The van der Waals surface area contributed by atoms with Crippen LogP contribution in [0.5, 0.6) is 0 Å². The summed E-state index contributed by atoms with van der Waals surface area (Å²) in [6, 6.07) is 0. The maximum atomic E-state index is 8.99. The number of hydrogen-bond acceptors (Lipinski definition) is 1. The molecule has 0 saturated carbocycles. The monoisotopic (exact) mass is 134 g/mol. The lowest BCUT2D eigenvalue weighted by atomic mass is 10.2. The Labute approximate surface area is 53.3 Å². The summed E-state index contributed by atoms with van der Waals surface area (Å²) < 4.78 is 0. The first-order valence-corrected chi connectivity index (χ1v) is 4.84. The van der Waals surface area contributed by atoms with Crippen molar-refractivity contribution < 1.29 is 5.11 Å². The first-order chi connectivity index (χ1) is 3.81. The average molecular weight is 134 g/mol. The van der Waals surface area contributed by atoms with Crippen molar-refractivity contribution in [2.45, 2.75) is 25.9 Å². The molecule has 0 rings (SSSR count). The minimum Gasteiger partial charge on any atom is -0.393 e. The Bertz CT molecular complexity index is 47.8. The molecule has 0 aromatic carbocycles. The highest BCUT2D eigenvalue weighted by Gasteiger charge is 1.96. The van der Waals surface area contributed by atoms with Crippen molar-refractivity contribution in [3.05, 3.63) is 0 Å². The molecule has 0 bridgehead atoms. The molecule has 1 nitrogen and oxygen atoms in total. The molecular formula is C6H15OP. The van der Waals surface area contributed by atoms with Crippen LogP contribution < -0.4 is 0 Å². The molecule has 0 aromatic rings. The van der Waals surface area contributed by atoms with E-state index in [1.54, 1.807) is 0 Å². The van der Waals surface area contributed by atoms with Crippen molar-refractivity contribution in [3.63, 3.8) is 0 Å². The molecule has 0 spiro atoms. The van der Waals surface area contributed by atoms with E-state index in [1.807, 2.05) is 6.92 Å². The molecule has 2 heteroatoms. The van der Waals surface area contributed by atoms with E-state index in [1.165, 1.54) is 6.16 Å². The Morgan fingerprint density at radius 1 is 1.62 bits per heavy atom. The first kappa shape index (κ1) is 8.39. The lowest BCUT2D eigenvalue weighted by Gasteiger charge is -2.03. The van der Waals surface area contributed by atoms with Gasteiger partial charge < -0.3 is 5.11 Å². The van der Waals surface area contributed by atoms with Gasteiger partial charge in [0.2, 0.25) is 0 Å². The van der Waals surface area contributed by atoms with Crippen LogP contribution in [0.15, 0.2) is 0 Å². The van der Waals surface area contributed by atoms with Gasteiger partial charge in [-0.25, -0.2) is 0 Å². The van der Waals surface area contributed by atoms with Crippen molar-refractivity contribution in [3.8, 4) is 0 Å². The van der Waals surface area contributed by atoms with Gasteiger partial charge in [-0.15, -0.1) is 8.58 Å². The maximum Gasteiger partial charge on any atom is 0.0540 e. The van der Waals surface area contributed by atoms with Crippen LogP contribution in [0.4, 0.5) is 0 Å². The van der Waals surface area contributed by atoms with Gasteiger partial charge in [0.25, 0.3) is 0 Å². The lowest BCUT2D eigenvalue weighted by Crippen LogP contribution is -2.04. The summed E-state index contributed by atoms with van der Waals surface area (Å²) in [5.74, 6) is 0. The largest absolute Gasteiger partial charge is 0.393 e. The standard InChI is InChI=1S/C6H15OP/c1-3-6(7)4-5-8-2/h6-8H,3-5H2,1-2H3. The van der Waals surface area contributed by atoms with Crippen molar-refractivity contribution in [2.24, 2.45) is 0 Å². The van der Waals surface area contributed by atoms with Crippen molar-refractivity contribution in [2.75, 3.05) is 12.8 Å². The van der Waals surface area contributed by atoms with Crippen LogP contribution in [0.2, 0.25) is 0 Å². The minimum absolute atomic E-state index is 0.0394. The Morgan fingerprint density at radius 2 is 2.25 bits per heavy atom. The molecule has 0 aliphatic rings. The van der Waals surface area contributed by atoms with Crippen molar-refractivity contribution in [1.82, 2.24) is 0 Å². The highest BCUT2D eigenvalue weighted by Crippen LogP contribution is 2.07. The van der Waals surface area contributed by atoms with Gasteiger partial charge in [0, 0.05) is 0 Å². The second-order valence-electron chi connectivity index (χ2n) is 1.95. The van der Waals surface area contributed by atoms with Crippen LogP contribution in [-0.4, -0.2) is 24.0 Å². The molecule has 0 aliphatic heterocycles. The molecule has 50 valence electrons. The topological polar surface area (TPSA) is 20.2 Å². The molecule has 0 heterocycles. The fourth-order valence-corrected chi connectivity index (χ4v) is 1.14. The van der Waals surface area contributed by atoms with E-state index < -0.39 is 0 Å². The normalized spacial score (nSPS) is 15.4. The van der Waals surface area contributed by atoms with E-state index in [0.29, 0.717) is 0 Å². The second-order valence-corrected chi connectivity index (χ2v) is 3.16. The molecule has 0 fully saturated rings. The molecule has 0 aliphatic carbocycles. The number of aliphatic hydroxyl groups excluding tert-OH is 1. The van der Waals surface area contributed by atoms with Crippen LogP contribution in [0.1, 0.15) is 19.8 Å². The SMILES string of the molecule is CCC(O)CCPC. The van der Waals surface area contributed by atoms with E-state index in [4.69, 9.17) is 5.11 Å². The summed E-state index contributed by atoms with van der Waals surface area (Å²) >= 11 is 0. The predicted molar refractivity (Wildman–Crippen MR) is 40.0 cm³/mol. The summed E-state index contributed by atoms with van der Waals surface area (Å²) in [6.07, 6.45) is 3.05. The van der Waals surface area contributed by atoms with Gasteiger partial charge >= 0.3 is 0 Å². The molecule has 0 saturated heterocycles. The second kappa shape index (κ2) is 5.53. The summed E-state index contributed by atoms with van der Waals surface area (Å²) in [6.45, 7) is 4.19. The van der Waals surface area contributed by atoms with Crippen LogP contribution in [-0.2, 0) is 0 Å². The maximum absolute atomic E-state index is 8.99. The zero-order chi connectivity index (χ0) is 6.41. The molecule has 2 unspecified atom stereocenters. The summed E-state index contributed by atoms with van der Waals surface area (Å²) in [7, 11) is 0.994. The Morgan fingerprint density at radius 3 is 2.62 bits per heavy atom. The van der Waals surface area contributed by atoms with E-state index >= 15 is 0 Å². The van der Waals surface area contributed by atoms with Crippen LogP contribution in [0.25, 0.3) is 0 Å². The molecule has 0 aromatic heterocycles. The molecule has 2 atom stereocenters. The summed E-state index contributed by atoms with van der Waals surface area (Å²) in [4.78, 5) is 0. The fourth-order valence-electron chi connectivity index (χ4n) is 0.515. The quantitative estimate of drug-likeness (QED) is 0.577. The minimum atomic E-state index is -0.0394. The third-order valence-corrected chi connectivity index (χ3v) is 1.99. The van der Waals surface area contributed by atoms with Crippen molar-refractivity contribution >= 4 is 8.58 Å². The fraction of sp³-hybridized carbons (Fsp3) is 1.00. The smallest absolute Gasteiger partial charge is 0.0540 e. The van der Waals surface area contributed by atoms with Gasteiger partial charge in [0.15, 0.2) is 0 Å². The van der Waals surface area contributed by atoms with Gasteiger partial charge in [-0.1, -0.05) is 6.92 Å². The lowest BCUT2D eigenvalue weighted by molar-refractivity contribution is 0.167. The van der Waals surface area contributed by atoms with Gasteiger partial charge in [0.1, 0.15) is 0 Å². The van der Waals surface area contributed by atoms with E-state index in [9.17, 15) is 0 Å². The third kappa shape index (κ3) is 4.55. The Balaban J connectivity index is 2.86. The van der Waals surface area contributed by atoms with Crippen molar-refractivity contribution in [1.29, 1.82) is 0 Å². The number of aliphatic hydroxyl groups is 1. The number of hydrogen-bond donors (Lipinski definition) is 1. The van der Waals surface area contributed by atoms with E-state index in [0.717, 1.165) is 21.4 Å². The van der Waals surface area contributed by atoms with Crippen LogP contribution >= 0.6 is 8.58 Å². The van der Waals surface area contributed by atoms with E-state index in [2.05, 4.69) is 6.66 Å². The predicted octanol–water partition coefficient (Wildman–Crippen LogP) is 1.46. The Hall–Kier alpha value is 0.390. The van der Waals surface area contributed by atoms with E-state index in [-0.39, 0.29) is 6.10 Å². The zero-order valence-electron chi connectivity index (χ0n) is 5.65. The zero-order valence-corrected chi connectivity index (χ0v) is 6.65. The van der Waals surface area contributed by atoms with Gasteiger partial charge in [-0.2, -0.15) is 0 Å². The Kier molecular flexibility index (Phi) is 5.79. The molecule has 0 amide bonds. The van der Waals surface area contributed by atoms with Crippen LogP contribution in [0, 0.1) is 0 Å². The molecular weight excluding hydrogens is 119 g/mol. The van der Waals surface area contributed by atoms with Gasteiger partial charge in [0.05, 0.1) is 6.10 Å². The highest BCUT2D eigenvalue weighted by molar-refractivity contribution is 7.36. The summed E-state index contributed by atoms with van der Waals surface area (Å²) in [5.41, 5.74) is 0. The average Bonchev–Trinajstić information content (AvgIpc) is 1.83. The molecule has 0 radical (unpaired) electrons.